The van der Waals surface area contributed by atoms with Crippen molar-refractivity contribution >= 4 is 5.65 Å². The number of aromatic nitrogens is 3. The lowest BCUT2D eigenvalue weighted by molar-refractivity contribution is 0.619. The fourth-order valence-electron chi connectivity index (χ4n) is 1.51. The monoisotopic (exact) mass is 204 g/mol. The molecule has 0 bridgehead atoms. The van der Waals surface area contributed by atoms with Gasteiger partial charge in [-0.05, 0) is 25.1 Å². The van der Waals surface area contributed by atoms with E-state index in [9.17, 15) is 0 Å². The van der Waals surface area contributed by atoms with E-state index in [0.717, 1.165) is 24.6 Å². The Labute approximate surface area is 89.3 Å². The van der Waals surface area contributed by atoms with E-state index in [-0.39, 0.29) is 0 Å². The van der Waals surface area contributed by atoms with Crippen LogP contribution in [0.1, 0.15) is 25.6 Å². The molecular weight excluding hydrogens is 188 g/mol. The average molecular weight is 204 g/mol. The minimum atomic E-state index is 0.783. The molecule has 0 saturated carbocycles. The second-order valence-electron chi connectivity index (χ2n) is 3.58. The zero-order valence-electron chi connectivity index (χ0n) is 8.98. The first kappa shape index (κ1) is 10.1. The molecule has 80 valence electrons. The number of nitrogens with zero attached hydrogens (tertiary/aromatic N) is 3. The van der Waals surface area contributed by atoms with Crippen LogP contribution >= 0.6 is 0 Å². The van der Waals surface area contributed by atoms with Crippen LogP contribution in [0.4, 0.5) is 0 Å². The molecule has 0 aromatic carbocycles. The Kier molecular flexibility index (Phi) is 3.29. The number of unbranched alkanes of at least 4 members (excludes halogenated alkanes) is 1. The van der Waals surface area contributed by atoms with Crippen molar-refractivity contribution in [3.8, 4) is 0 Å². The second-order valence-corrected chi connectivity index (χ2v) is 3.58. The number of nitrogens with one attached hydrogen (secondary N) is 1. The lowest BCUT2D eigenvalue weighted by Crippen LogP contribution is -2.16. The predicted molar refractivity (Wildman–Crippen MR) is 59.6 cm³/mol. The Morgan fingerprint density at radius 2 is 2.27 bits per heavy atom. The molecule has 2 aromatic heterocycles. The molecule has 0 amide bonds. The highest BCUT2D eigenvalue weighted by molar-refractivity contribution is 5.36. The van der Waals surface area contributed by atoms with Gasteiger partial charge in [0.1, 0.15) is 0 Å². The molecule has 2 aromatic rings. The van der Waals surface area contributed by atoms with Gasteiger partial charge in [-0.15, -0.1) is 10.2 Å². The molecule has 2 rings (SSSR count). The highest BCUT2D eigenvalue weighted by Crippen LogP contribution is 2.02. The van der Waals surface area contributed by atoms with Gasteiger partial charge in [-0.1, -0.05) is 19.4 Å². The first-order valence-corrected chi connectivity index (χ1v) is 5.41. The van der Waals surface area contributed by atoms with Crippen molar-refractivity contribution in [3.63, 3.8) is 0 Å². The lowest BCUT2D eigenvalue weighted by Gasteiger charge is -2.01. The van der Waals surface area contributed by atoms with Crippen LogP contribution < -0.4 is 5.32 Å². The Morgan fingerprint density at radius 1 is 1.33 bits per heavy atom. The third kappa shape index (κ3) is 2.33. The molecule has 0 aliphatic carbocycles. The highest BCUT2D eigenvalue weighted by Gasteiger charge is 2.02. The quantitative estimate of drug-likeness (QED) is 0.752. The smallest absolute Gasteiger partial charge is 0.160 e. The third-order valence-corrected chi connectivity index (χ3v) is 2.37. The van der Waals surface area contributed by atoms with E-state index in [1.807, 2.05) is 28.8 Å². The van der Waals surface area contributed by atoms with Gasteiger partial charge >= 0.3 is 0 Å². The fraction of sp³-hybridized carbons (Fsp3) is 0.455. The Morgan fingerprint density at radius 3 is 3.13 bits per heavy atom. The first-order chi connectivity index (χ1) is 7.42. The average Bonchev–Trinajstić information content (AvgIpc) is 2.68. The lowest BCUT2D eigenvalue weighted by atomic mass is 10.3. The van der Waals surface area contributed by atoms with Crippen molar-refractivity contribution in [2.75, 3.05) is 6.54 Å². The van der Waals surface area contributed by atoms with Gasteiger partial charge in [0.15, 0.2) is 11.5 Å². The molecule has 0 atom stereocenters. The van der Waals surface area contributed by atoms with Crippen molar-refractivity contribution in [2.24, 2.45) is 0 Å². The molecule has 0 aliphatic heterocycles. The molecule has 0 aliphatic rings. The zero-order valence-corrected chi connectivity index (χ0v) is 8.98. The Bertz CT molecular complexity index is 421. The predicted octanol–water partition coefficient (Wildman–Crippen LogP) is 1.62. The van der Waals surface area contributed by atoms with E-state index < -0.39 is 0 Å². The van der Waals surface area contributed by atoms with Crippen LogP contribution in [0, 0.1) is 0 Å². The molecule has 2 heterocycles. The molecule has 0 radical (unpaired) electrons. The molecule has 1 N–H and O–H groups in total. The van der Waals surface area contributed by atoms with Crippen molar-refractivity contribution in [1.82, 2.24) is 19.9 Å². The number of hydrogen-bond acceptors (Lipinski definition) is 3. The Hall–Kier alpha value is -1.42. The summed E-state index contributed by atoms with van der Waals surface area (Å²) in [5, 5.41) is 11.6. The van der Waals surface area contributed by atoms with Crippen LogP contribution in [0.15, 0.2) is 24.4 Å². The van der Waals surface area contributed by atoms with E-state index in [0.29, 0.717) is 0 Å². The summed E-state index contributed by atoms with van der Waals surface area (Å²) >= 11 is 0. The summed E-state index contributed by atoms with van der Waals surface area (Å²) in [6, 6.07) is 5.92. The maximum absolute atomic E-state index is 4.14. The van der Waals surface area contributed by atoms with Gasteiger partial charge in [0.2, 0.25) is 0 Å². The van der Waals surface area contributed by atoms with Crippen LogP contribution in [0.5, 0.6) is 0 Å². The minimum Gasteiger partial charge on any atom is -0.310 e. The normalized spacial score (nSPS) is 11.0. The standard InChI is InChI=1S/C11H16N4/c1-2-3-7-12-9-11-14-13-10-6-4-5-8-15(10)11/h4-6,8,12H,2-3,7,9H2,1H3. The van der Waals surface area contributed by atoms with Gasteiger partial charge in [-0.3, -0.25) is 4.40 Å². The minimum absolute atomic E-state index is 0.783. The van der Waals surface area contributed by atoms with Crippen LogP contribution in [0.3, 0.4) is 0 Å². The summed E-state index contributed by atoms with van der Waals surface area (Å²) in [6.07, 6.45) is 4.41. The third-order valence-electron chi connectivity index (χ3n) is 2.37. The fourth-order valence-corrected chi connectivity index (χ4v) is 1.51. The number of hydrogen-bond donors (Lipinski definition) is 1. The van der Waals surface area contributed by atoms with Crippen LogP contribution in [-0.4, -0.2) is 21.1 Å². The van der Waals surface area contributed by atoms with Gasteiger partial charge in [0, 0.05) is 6.20 Å². The van der Waals surface area contributed by atoms with E-state index in [1.165, 1.54) is 12.8 Å². The van der Waals surface area contributed by atoms with Gasteiger partial charge in [0.25, 0.3) is 0 Å². The van der Waals surface area contributed by atoms with Crippen molar-refractivity contribution < 1.29 is 0 Å². The van der Waals surface area contributed by atoms with E-state index in [1.54, 1.807) is 0 Å². The van der Waals surface area contributed by atoms with E-state index in [4.69, 9.17) is 0 Å². The van der Waals surface area contributed by atoms with Gasteiger partial charge in [0.05, 0.1) is 6.54 Å². The molecule has 0 saturated heterocycles. The second kappa shape index (κ2) is 4.89. The van der Waals surface area contributed by atoms with E-state index >= 15 is 0 Å². The summed E-state index contributed by atoms with van der Waals surface area (Å²) in [6.45, 7) is 4.01. The molecule has 4 nitrogen and oxygen atoms in total. The molecule has 4 heteroatoms. The molecule has 0 unspecified atom stereocenters. The SMILES string of the molecule is CCCCNCc1nnc2ccccn12. The van der Waals surface area contributed by atoms with Crippen LogP contribution in [0.2, 0.25) is 0 Å². The summed E-state index contributed by atoms with van der Waals surface area (Å²) in [5.41, 5.74) is 0.907. The van der Waals surface area contributed by atoms with Crippen molar-refractivity contribution in [2.45, 2.75) is 26.3 Å². The highest BCUT2D eigenvalue weighted by atomic mass is 15.3. The van der Waals surface area contributed by atoms with Gasteiger partial charge < -0.3 is 5.32 Å². The van der Waals surface area contributed by atoms with Crippen molar-refractivity contribution in [1.29, 1.82) is 0 Å². The van der Waals surface area contributed by atoms with Crippen molar-refractivity contribution in [3.05, 3.63) is 30.2 Å². The first-order valence-electron chi connectivity index (χ1n) is 5.41. The number of fused-ring (bicyclic) bond motifs is 1. The summed E-state index contributed by atoms with van der Waals surface area (Å²) in [5.74, 6) is 0.974. The largest absolute Gasteiger partial charge is 0.310 e. The maximum atomic E-state index is 4.14. The van der Waals surface area contributed by atoms with Gasteiger partial charge in [-0.2, -0.15) is 0 Å². The number of rotatable bonds is 5. The maximum Gasteiger partial charge on any atom is 0.160 e. The van der Waals surface area contributed by atoms with Crippen LogP contribution in [0.25, 0.3) is 5.65 Å². The summed E-state index contributed by atoms with van der Waals surface area (Å²) < 4.78 is 2.01. The van der Waals surface area contributed by atoms with Crippen LogP contribution in [-0.2, 0) is 6.54 Å². The molecule has 0 spiro atoms. The summed E-state index contributed by atoms with van der Waals surface area (Å²) in [4.78, 5) is 0. The van der Waals surface area contributed by atoms with Gasteiger partial charge in [-0.25, -0.2) is 0 Å². The molecule has 0 fully saturated rings. The van der Waals surface area contributed by atoms with E-state index in [2.05, 4.69) is 22.4 Å². The number of pyridine rings is 1. The molecule has 15 heavy (non-hydrogen) atoms. The topological polar surface area (TPSA) is 42.2 Å². The molecular formula is C11H16N4. The zero-order chi connectivity index (χ0) is 10.5. The summed E-state index contributed by atoms with van der Waals surface area (Å²) in [7, 11) is 0. The Balaban J connectivity index is 2.02.